The molecule has 1 aliphatic rings. The number of carbonyl (C=O) groups excluding carboxylic acids is 2. The minimum absolute atomic E-state index is 0.0698. The summed E-state index contributed by atoms with van der Waals surface area (Å²) < 4.78 is 5.16. The van der Waals surface area contributed by atoms with E-state index in [0.29, 0.717) is 12.2 Å². The topological polar surface area (TPSA) is 61.9 Å². The van der Waals surface area contributed by atoms with Crippen molar-refractivity contribution in [3.8, 4) is 0 Å². The normalized spacial score (nSPS) is 17.5. The summed E-state index contributed by atoms with van der Waals surface area (Å²) in [5, 5.41) is 3.69. The van der Waals surface area contributed by atoms with Gasteiger partial charge < -0.3 is 19.9 Å². The van der Waals surface area contributed by atoms with Crippen molar-refractivity contribution in [2.45, 2.75) is 46.2 Å². The minimum Gasteiger partial charge on any atom is -0.462 e. The first-order valence-electron chi connectivity index (χ1n) is 11.2. The van der Waals surface area contributed by atoms with Gasteiger partial charge in [-0.2, -0.15) is 0 Å². The molecule has 0 bridgehead atoms. The summed E-state index contributed by atoms with van der Waals surface area (Å²) in [7, 11) is 5.52. The Morgan fingerprint density at radius 2 is 1.88 bits per heavy atom. The van der Waals surface area contributed by atoms with Crippen LogP contribution in [0.15, 0.2) is 42.5 Å². The van der Waals surface area contributed by atoms with Crippen LogP contribution >= 0.6 is 0 Å². The van der Waals surface area contributed by atoms with E-state index < -0.39 is 0 Å². The molecule has 0 aromatic heterocycles. The second kappa shape index (κ2) is 9.23. The number of nitrogens with zero attached hydrogens (tertiary/aromatic N) is 2. The largest absolute Gasteiger partial charge is 0.462 e. The molecule has 0 radical (unpaired) electrons. The highest BCUT2D eigenvalue weighted by molar-refractivity contribution is 5.90. The highest BCUT2D eigenvalue weighted by Gasteiger charge is 2.36. The van der Waals surface area contributed by atoms with Crippen molar-refractivity contribution in [2.24, 2.45) is 5.41 Å². The quantitative estimate of drug-likeness (QED) is 0.674. The van der Waals surface area contributed by atoms with Crippen molar-refractivity contribution in [1.29, 1.82) is 0 Å². The molecular formula is C26H35N3O3. The van der Waals surface area contributed by atoms with Crippen molar-refractivity contribution >= 4 is 23.3 Å². The fraction of sp³-hybridized carbons (Fsp3) is 0.462. The summed E-state index contributed by atoms with van der Waals surface area (Å²) in [4.78, 5) is 28.2. The van der Waals surface area contributed by atoms with Crippen LogP contribution in [0.25, 0.3) is 0 Å². The first-order chi connectivity index (χ1) is 15.0. The Bertz CT molecular complexity index is 1000. The van der Waals surface area contributed by atoms with Gasteiger partial charge >= 0.3 is 5.97 Å². The summed E-state index contributed by atoms with van der Waals surface area (Å²) in [6, 6.07) is 14.0. The van der Waals surface area contributed by atoms with E-state index in [1.165, 1.54) is 5.56 Å². The van der Waals surface area contributed by atoms with Gasteiger partial charge in [-0.15, -0.1) is 0 Å². The Morgan fingerprint density at radius 1 is 1.16 bits per heavy atom. The lowest BCUT2D eigenvalue weighted by Crippen LogP contribution is -2.42. The SMILES string of the molecule is CCOC(=O)c1ccc2c(c1)CC(C)(C)C(c1cccc(N(C)C(C)C(=O)N(C)C)c1)N2. The maximum Gasteiger partial charge on any atom is 0.338 e. The predicted molar refractivity (Wildman–Crippen MR) is 129 cm³/mol. The number of hydrogen-bond donors (Lipinski definition) is 1. The van der Waals surface area contributed by atoms with Crippen LogP contribution in [0.5, 0.6) is 0 Å². The molecule has 1 heterocycles. The number of fused-ring (bicyclic) bond motifs is 1. The van der Waals surface area contributed by atoms with Gasteiger partial charge in [-0.1, -0.05) is 26.0 Å². The zero-order chi connectivity index (χ0) is 23.6. The minimum atomic E-state index is -0.285. The van der Waals surface area contributed by atoms with Gasteiger partial charge in [0.05, 0.1) is 18.2 Å². The molecule has 2 atom stereocenters. The standard InChI is InChI=1S/C26H35N3O3/c1-8-32-25(31)19-12-13-22-20(14-19)16-26(3,4)23(27-22)18-10-9-11-21(15-18)29(7)17(2)24(30)28(5)6/h9-15,17,23,27H,8,16H2,1-7H3. The number of ether oxygens (including phenoxy) is 1. The van der Waals surface area contributed by atoms with E-state index in [4.69, 9.17) is 4.74 Å². The first-order valence-corrected chi connectivity index (χ1v) is 11.2. The number of likely N-dealkylation sites (N-methyl/N-ethyl adjacent to an activating group) is 2. The van der Waals surface area contributed by atoms with Crippen LogP contribution in [0.3, 0.4) is 0 Å². The van der Waals surface area contributed by atoms with E-state index >= 15 is 0 Å². The molecule has 6 heteroatoms. The van der Waals surface area contributed by atoms with Gasteiger partial charge in [0.15, 0.2) is 0 Å². The molecule has 1 N–H and O–H groups in total. The third-order valence-corrected chi connectivity index (χ3v) is 6.33. The maximum atomic E-state index is 12.4. The molecular weight excluding hydrogens is 402 g/mol. The summed E-state index contributed by atoms with van der Waals surface area (Å²) in [6.07, 6.45) is 0.836. The van der Waals surface area contributed by atoms with Crippen LogP contribution in [0.1, 0.15) is 55.2 Å². The van der Waals surface area contributed by atoms with Gasteiger partial charge in [0, 0.05) is 32.5 Å². The molecule has 172 valence electrons. The number of benzene rings is 2. The molecule has 0 saturated carbocycles. The molecule has 0 saturated heterocycles. The molecule has 32 heavy (non-hydrogen) atoms. The van der Waals surface area contributed by atoms with Crippen LogP contribution < -0.4 is 10.2 Å². The van der Waals surface area contributed by atoms with Gasteiger partial charge in [-0.3, -0.25) is 4.79 Å². The van der Waals surface area contributed by atoms with E-state index in [1.807, 2.05) is 56.1 Å². The van der Waals surface area contributed by atoms with E-state index in [1.54, 1.807) is 19.0 Å². The number of anilines is 2. The van der Waals surface area contributed by atoms with Gasteiger partial charge in [0.2, 0.25) is 5.91 Å². The molecule has 2 aromatic carbocycles. The molecule has 1 amide bonds. The van der Waals surface area contributed by atoms with E-state index in [-0.39, 0.29) is 29.4 Å². The van der Waals surface area contributed by atoms with Gasteiger partial charge in [0.1, 0.15) is 6.04 Å². The monoisotopic (exact) mass is 437 g/mol. The molecule has 1 aliphatic heterocycles. The number of rotatable bonds is 6. The Kier molecular flexibility index (Phi) is 6.82. The van der Waals surface area contributed by atoms with Crippen LogP contribution in [0, 0.1) is 5.41 Å². The first kappa shape index (κ1) is 23.6. The molecule has 0 spiro atoms. The lowest BCUT2D eigenvalue weighted by molar-refractivity contribution is -0.129. The van der Waals surface area contributed by atoms with E-state index in [0.717, 1.165) is 23.4 Å². The number of carbonyl (C=O) groups is 2. The smallest absolute Gasteiger partial charge is 0.338 e. The second-order valence-electron chi connectivity index (χ2n) is 9.45. The molecule has 0 aliphatic carbocycles. The average Bonchev–Trinajstić information content (AvgIpc) is 2.76. The number of nitrogens with one attached hydrogen (secondary N) is 1. The molecule has 2 aromatic rings. The van der Waals surface area contributed by atoms with Gasteiger partial charge in [-0.25, -0.2) is 4.79 Å². The fourth-order valence-electron chi connectivity index (χ4n) is 4.39. The summed E-state index contributed by atoms with van der Waals surface area (Å²) in [6.45, 7) is 8.58. The number of esters is 1. The Balaban J connectivity index is 1.88. The summed E-state index contributed by atoms with van der Waals surface area (Å²) >= 11 is 0. The molecule has 3 rings (SSSR count). The number of amides is 1. The highest BCUT2D eigenvalue weighted by Crippen LogP contribution is 2.45. The maximum absolute atomic E-state index is 12.4. The molecule has 6 nitrogen and oxygen atoms in total. The van der Waals surface area contributed by atoms with Crippen molar-refractivity contribution in [1.82, 2.24) is 4.90 Å². The Morgan fingerprint density at radius 3 is 2.53 bits per heavy atom. The summed E-state index contributed by atoms with van der Waals surface area (Å²) in [5.41, 5.74) is 4.84. The number of hydrogen-bond acceptors (Lipinski definition) is 5. The Labute approximate surface area is 191 Å². The van der Waals surface area contributed by atoms with E-state index in [2.05, 4.69) is 31.3 Å². The third kappa shape index (κ3) is 4.74. The molecule has 0 fully saturated rings. The van der Waals surface area contributed by atoms with Gasteiger partial charge in [0.25, 0.3) is 0 Å². The van der Waals surface area contributed by atoms with Crippen molar-refractivity contribution in [3.05, 3.63) is 59.2 Å². The van der Waals surface area contributed by atoms with Crippen molar-refractivity contribution in [2.75, 3.05) is 38.0 Å². The average molecular weight is 438 g/mol. The van der Waals surface area contributed by atoms with Crippen molar-refractivity contribution < 1.29 is 14.3 Å². The fourth-order valence-corrected chi connectivity index (χ4v) is 4.39. The summed E-state index contributed by atoms with van der Waals surface area (Å²) in [5.74, 6) is -0.215. The van der Waals surface area contributed by atoms with E-state index in [9.17, 15) is 9.59 Å². The predicted octanol–water partition coefficient (Wildman–Crippen LogP) is 4.51. The van der Waals surface area contributed by atoms with Crippen LogP contribution in [-0.2, 0) is 16.0 Å². The third-order valence-electron chi connectivity index (χ3n) is 6.33. The zero-order valence-electron chi connectivity index (χ0n) is 20.2. The lowest BCUT2D eigenvalue weighted by Gasteiger charge is -2.42. The van der Waals surface area contributed by atoms with Crippen molar-refractivity contribution in [3.63, 3.8) is 0 Å². The van der Waals surface area contributed by atoms with Crippen LogP contribution in [0.4, 0.5) is 11.4 Å². The molecule has 2 unspecified atom stereocenters. The van der Waals surface area contributed by atoms with Crippen LogP contribution in [0.2, 0.25) is 0 Å². The second-order valence-corrected chi connectivity index (χ2v) is 9.45. The van der Waals surface area contributed by atoms with Gasteiger partial charge in [-0.05, 0) is 67.1 Å². The van der Waals surface area contributed by atoms with Crippen LogP contribution in [-0.4, -0.2) is 50.6 Å². The highest BCUT2D eigenvalue weighted by atomic mass is 16.5. The lowest BCUT2D eigenvalue weighted by atomic mass is 9.72. The zero-order valence-corrected chi connectivity index (χ0v) is 20.2. The Hall–Kier alpha value is -3.02.